The number of rotatable bonds is 2. The molecule has 0 radical (unpaired) electrons. The average Bonchev–Trinajstić information content (AvgIpc) is 2.35. The van der Waals surface area contributed by atoms with Crippen LogP contribution in [0.4, 0.5) is 0 Å². The second-order valence-electron chi connectivity index (χ2n) is 3.63. The van der Waals surface area contributed by atoms with Gasteiger partial charge in [-0.2, -0.15) is 0 Å². The first-order valence-electron chi connectivity index (χ1n) is 4.42. The third-order valence-electron chi connectivity index (χ3n) is 2.85. The molecule has 2 heterocycles. The lowest BCUT2D eigenvalue weighted by Crippen LogP contribution is -2.60. The van der Waals surface area contributed by atoms with Crippen molar-refractivity contribution >= 4 is 0 Å². The number of aliphatic hydroxyl groups excluding tert-OH is 3. The van der Waals surface area contributed by atoms with Crippen LogP contribution in [-0.2, 0) is 9.47 Å². The fraction of sp³-hybridized carbons (Fsp3) is 1.00. The van der Waals surface area contributed by atoms with Crippen LogP contribution in [0.3, 0.4) is 0 Å². The summed E-state index contributed by atoms with van der Waals surface area (Å²) < 4.78 is 10.4. The van der Waals surface area contributed by atoms with Crippen molar-refractivity contribution in [3.8, 4) is 0 Å². The second-order valence-corrected chi connectivity index (χ2v) is 3.63. The van der Waals surface area contributed by atoms with Gasteiger partial charge in [-0.3, -0.25) is 0 Å². The lowest BCUT2D eigenvalue weighted by Gasteiger charge is -2.45. The molecule has 13 heavy (non-hydrogen) atoms. The fourth-order valence-corrected chi connectivity index (χ4v) is 1.87. The van der Waals surface area contributed by atoms with Gasteiger partial charge in [0.15, 0.2) is 0 Å². The Morgan fingerprint density at radius 1 is 1.38 bits per heavy atom. The van der Waals surface area contributed by atoms with Gasteiger partial charge in [0.25, 0.3) is 0 Å². The molecule has 2 saturated heterocycles. The van der Waals surface area contributed by atoms with E-state index in [0.717, 1.165) is 0 Å². The zero-order chi connectivity index (χ0) is 9.47. The van der Waals surface area contributed by atoms with Gasteiger partial charge in [-0.25, -0.2) is 0 Å². The van der Waals surface area contributed by atoms with E-state index < -0.39 is 23.9 Å². The van der Waals surface area contributed by atoms with Gasteiger partial charge in [0.05, 0.1) is 19.8 Å². The number of aliphatic hydroxyl groups is 3. The van der Waals surface area contributed by atoms with Crippen LogP contribution in [0.2, 0.25) is 0 Å². The molecule has 0 aromatic carbocycles. The van der Waals surface area contributed by atoms with Crippen LogP contribution in [-0.4, -0.2) is 59.1 Å². The Morgan fingerprint density at radius 2 is 2.08 bits per heavy atom. The summed E-state index contributed by atoms with van der Waals surface area (Å²) in [6, 6.07) is 0. The van der Waals surface area contributed by atoms with E-state index in [1.807, 2.05) is 0 Å². The van der Waals surface area contributed by atoms with E-state index in [9.17, 15) is 10.2 Å². The minimum absolute atomic E-state index is 0.108. The van der Waals surface area contributed by atoms with Gasteiger partial charge < -0.3 is 24.8 Å². The normalized spacial score (nSPS) is 50.5. The van der Waals surface area contributed by atoms with E-state index in [2.05, 4.69) is 0 Å². The zero-order valence-electron chi connectivity index (χ0n) is 7.22. The van der Waals surface area contributed by atoms with Crippen LogP contribution in [0.25, 0.3) is 0 Å². The summed E-state index contributed by atoms with van der Waals surface area (Å²) in [4.78, 5) is 0. The first kappa shape index (κ1) is 9.36. The molecule has 0 aromatic rings. The van der Waals surface area contributed by atoms with E-state index in [-0.39, 0.29) is 13.2 Å². The molecule has 2 rings (SSSR count). The van der Waals surface area contributed by atoms with Gasteiger partial charge in [0.2, 0.25) is 0 Å². The van der Waals surface area contributed by atoms with Gasteiger partial charge in [-0.1, -0.05) is 0 Å². The third-order valence-corrected chi connectivity index (χ3v) is 2.85. The summed E-state index contributed by atoms with van der Waals surface area (Å²) in [6.45, 7) is 0.502. The molecular weight excluding hydrogens is 176 g/mol. The van der Waals surface area contributed by atoms with Gasteiger partial charge in [-0.15, -0.1) is 0 Å². The molecule has 2 aliphatic heterocycles. The number of hydrogen-bond acceptors (Lipinski definition) is 5. The van der Waals surface area contributed by atoms with Crippen LogP contribution in [0, 0.1) is 0 Å². The second kappa shape index (κ2) is 3.18. The van der Waals surface area contributed by atoms with Gasteiger partial charge in [0, 0.05) is 6.42 Å². The summed E-state index contributed by atoms with van der Waals surface area (Å²) in [5, 5.41) is 27.9. The molecule has 0 bridgehead atoms. The molecule has 5 heteroatoms. The Labute approximate surface area is 75.9 Å². The molecule has 0 spiro atoms. The third kappa shape index (κ3) is 1.28. The van der Waals surface area contributed by atoms with Crippen molar-refractivity contribution < 1.29 is 24.8 Å². The van der Waals surface area contributed by atoms with Crippen LogP contribution < -0.4 is 0 Å². The fourth-order valence-electron chi connectivity index (χ4n) is 1.87. The maximum Gasteiger partial charge on any atom is 0.122 e. The smallest absolute Gasteiger partial charge is 0.122 e. The van der Waals surface area contributed by atoms with E-state index >= 15 is 0 Å². The van der Waals surface area contributed by atoms with Crippen LogP contribution in [0.1, 0.15) is 6.42 Å². The minimum Gasteiger partial charge on any atom is -0.393 e. The highest BCUT2D eigenvalue weighted by molar-refractivity contribution is 5.02. The van der Waals surface area contributed by atoms with E-state index in [0.29, 0.717) is 13.0 Å². The van der Waals surface area contributed by atoms with Crippen molar-refractivity contribution in [2.45, 2.75) is 30.3 Å². The molecular formula is C8H14O5. The molecule has 2 aliphatic rings. The monoisotopic (exact) mass is 190 g/mol. The van der Waals surface area contributed by atoms with Crippen molar-refractivity contribution in [1.82, 2.24) is 0 Å². The van der Waals surface area contributed by atoms with E-state index in [4.69, 9.17) is 14.6 Å². The Balaban J connectivity index is 2.07. The van der Waals surface area contributed by atoms with Crippen LogP contribution in [0.15, 0.2) is 0 Å². The van der Waals surface area contributed by atoms with Crippen LogP contribution in [0.5, 0.6) is 0 Å². The maximum absolute atomic E-state index is 9.52. The summed E-state index contributed by atoms with van der Waals surface area (Å²) in [6.07, 6.45) is -1.75. The lowest BCUT2D eigenvalue weighted by atomic mass is 9.86. The Kier molecular flexibility index (Phi) is 2.29. The van der Waals surface area contributed by atoms with Crippen molar-refractivity contribution in [3.05, 3.63) is 0 Å². The van der Waals surface area contributed by atoms with Crippen molar-refractivity contribution in [3.63, 3.8) is 0 Å². The molecule has 0 aromatic heterocycles. The standard InChI is InChI=1S/C8H14O5/c9-4-8(1-2-13-8)7-6(11)5(10)3-12-7/h5-7,9-11H,1-4H2/t5-,6+,7-,8+/m0/s1. The van der Waals surface area contributed by atoms with Gasteiger partial charge >= 0.3 is 0 Å². The molecule has 0 unspecified atom stereocenters. The highest BCUT2D eigenvalue weighted by atomic mass is 16.6. The first-order valence-corrected chi connectivity index (χ1v) is 4.42. The van der Waals surface area contributed by atoms with Crippen LogP contribution >= 0.6 is 0 Å². The Bertz CT molecular complexity index is 185. The maximum atomic E-state index is 9.52. The Hall–Kier alpha value is -0.200. The number of hydrogen-bond donors (Lipinski definition) is 3. The largest absolute Gasteiger partial charge is 0.393 e. The van der Waals surface area contributed by atoms with Crippen molar-refractivity contribution in [2.75, 3.05) is 19.8 Å². The predicted molar refractivity (Wildman–Crippen MR) is 42.1 cm³/mol. The predicted octanol–water partition coefficient (Wildman–Crippen LogP) is -1.74. The quantitative estimate of drug-likeness (QED) is 0.481. The topological polar surface area (TPSA) is 79.2 Å². The molecule has 5 nitrogen and oxygen atoms in total. The molecule has 2 fully saturated rings. The zero-order valence-corrected chi connectivity index (χ0v) is 7.22. The summed E-state index contributed by atoms with van der Waals surface area (Å²) in [5.74, 6) is 0. The highest BCUT2D eigenvalue weighted by Crippen LogP contribution is 2.36. The van der Waals surface area contributed by atoms with E-state index in [1.165, 1.54) is 0 Å². The molecule has 76 valence electrons. The summed E-state index contributed by atoms with van der Waals surface area (Å²) in [7, 11) is 0. The SMILES string of the molecule is OC[C@@]1([C@H]2OC[C@H](O)[C@H]2O)CCO1. The Morgan fingerprint density at radius 3 is 2.38 bits per heavy atom. The van der Waals surface area contributed by atoms with Crippen molar-refractivity contribution in [2.24, 2.45) is 0 Å². The number of ether oxygens (including phenoxy) is 2. The lowest BCUT2D eigenvalue weighted by molar-refractivity contribution is -0.238. The van der Waals surface area contributed by atoms with Gasteiger partial charge in [-0.05, 0) is 0 Å². The summed E-state index contributed by atoms with van der Waals surface area (Å²) in [5.41, 5.74) is -0.781. The molecule has 3 N–H and O–H groups in total. The minimum atomic E-state index is -0.951. The average molecular weight is 190 g/mol. The first-order chi connectivity index (χ1) is 6.19. The molecule has 0 aliphatic carbocycles. The molecule has 0 saturated carbocycles. The van der Waals surface area contributed by atoms with Gasteiger partial charge in [0.1, 0.15) is 23.9 Å². The highest BCUT2D eigenvalue weighted by Gasteiger charge is 2.53. The molecule has 0 amide bonds. The molecule has 4 atom stereocenters. The van der Waals surface area contributed by atoms with Crippen molar-refractivity contribution in [1.29, 1.82) is 0 Å². The summed E-state index contributed by atoms with van der Waals surface area (Å²) >= 11 is 0. The van der Waals surface area contributed by atoms with E-state index in [1.54, 1.807) is 0 Å².